The Morgan fingerprint density at radius 3 is 2.75 bits per heavy atom. The van der Waals surface area contributed by atoms with Gasteiger partial charge in [-0.3, -0.25) is 4.79 Å². The van der Waals surface area contributed by atoms with Crippen molar-refractivity contribution >= 4 is 5.91 Å². The Bertz CT molecular complexity index is 451. The molecule has 4 nitrogen and oxygen atoms in total. The highest BCUT2D eigenvalue weighted by Crippen LogP contribution is 2.23. The van der Waals surface area contributed by atoms with Crippen LogP contribution in [0.3, 0.4) is 0 Å². The van der Waals surface area contributed by atoms with Crippen molar-refractivity contribution in [2.45, 2.75) is 52.4 Å². The number of aliphatic hydroxyl groups excluding tert-OH is 1. The molecule has 0 aliphatic heterocycles. The number of benzene rings is 1. The third kappa shape index (κ3) is 4.49. The van der Waals surface area contributed by atoms with Crippen LogP contribution >= 0.6 is 0 Å². The van der Waals surface area contributed by atoms with E-state index in [1.807, 2.05) is 13.8 Å². The summed E-state index contributed by atoms with van der Waals surface area (Å²) in [5.41, 5.74) is 0.325. The van der Waals surface area contributed by atoms with E-state index < -0.39 is 11.9 Å². The van der Waals surface area contributed by atoms with Crippen molar-refractivity contribution in [2.75, 3.05) is 0 Å². The largest absolute Gasteiger partial charge is 0.477 e. The molecule has 0 fully saturated rings. The third-order valence-electron chi connectivity index (χ3n) is 2.99. The average Bonchev–Trinajstić information content (AvgIpc) is 2.41. The lowest BCUT2D eigenvalue weighted by atomic mass is 10.2. The van der Waals surface area contributed by atoms with Crippen LogP contribution in [-0.2, 0) is 11.4 Å². The zero-order valence-corrected chi connectivity index (χ0v) is 12.1. The minimum atomic E-state index is -0.823. The molecule has 1 aromatic carbocycles. The summed E-state index contributed by atoms with van der Waals surface area (Å²) < 4.78 is 19.0. The fraction of sp³-hybridized carbons (Fsp3) is 0.533. The van der Waals surface area contributed by atoms with E-state index in [1.54, 1.807) is 13.0 Å². The fourth-order valence-electron chi connectivity index (χ4n) is 1.91. The quantitative estimate of drug-likeness (QED) is 0.808. The number of halogens is 1. The molecule has 0 aliphatic carbocycles. The first kappa shape index (κ1) is 16.4. The van der Waals surface area contributed by atoms with Gasteiger partial charge in [0.15, 0.2) is 17.7 Å². The highest BCUT2D eigenvalue weighted by Gasteiger charge is 2.19. The summed E-state index contributed by atoms with van der Waals surface area (Å²) in [5, 5.41) is 12.0. The third-order valence-corrected chi connectivity index (χ3v) is 2.99. The molecule has 1 aromatic rings. The van der Waals surface area contributed by atoms with Gasteiger partial charge in [-0.15, -0.1) is 0 Å². The number of ether oxygens (including phenoxy) is 1. The number of nitrogens with one attached hydrogen (secondary N) is 1. The Balaban J connectivity index is 2.70. The number of hydrogen-bond donors (Lipinski definition) is 2. The summed E-state index contributed by atoms with van der Waals surface area (Å²) in [4.78, 5) is 11.9. The Morgan fingerprint density at radius 1 is 1.45 bits per heavy atom. The van der Waals surface area contributed by atoms with Crippen LogP contribution in [-0.4, -0.2) is 23.2 Å². The van der Waals surface area contributed by atoms with Crippen molar-refractivity contribution in [1.29, 1.82) is 0 Å². The second kappa shape index (κ2) is 7.85. The van der Waals surface area contributed by atoms with Crippen molar-refractivity contribution in [3.8, 4) is 5.75 Å². The minimum absolute atomic E-state index is 0.0523. The summed E-state index contributed by atoms with van der Waals surface area (Å²) in [6.45, 7) is 5.17. The Kier molecular flexibility index (Phi) is 6.45. The molecule has 0 radical (unpaired) electrons. The van der Waals surface area contributed by atoms with Gasteiger partial charge in [-0.1, -0.05) is 25.5 Å². The molecule has 0 spiro atoms. The molecular formula is C15H22FNO3. The van der Waals surface area contributed by atoms with Gasteiger partial charge in [0, 0.05) is 11.6 Å². The van der Waals surface area contributed by atoms with E-state index >= 15 is 0 Å². The van der Waals surface area contributed by atoms with Gasteiger partial charge >= 0.3 is 0 Å². The van der Waals surface area contributed by atoms with Gasteiger partial charge in [-0.25, -0.2) is 4.39 Å². The van der Waals surface area contributed by atoms with Crippen molar-refractivity contribution < 1.29 is 19.0 Å². The smallest absolute Gasteiger partial charge is 0.260 e. The summed E-state index contributed by atoms with van der Waals surface area (Å²) in [7, 11) is 0. The average molecular weight is 283 g/mol. The van der Waals surface area contributed by atoms with E-state index in [2.05, 4.69) is 5.32 Å². The summed E-state index contributed by atoms with van der Waals surface area (Å²) in [6, 6.07) is 4.33. The lowest BCUT2D eigenvalue weighted by Crippen LogP contribution is -2.41. The molecule has 0 bridgehead atoms. The Labute approximate surface area is 119 Å². The van der Waals surface area contributed by atoms with Gasteiger partial charge in [0.1, 0.15) is 0 Å². The molecule has 112 valence electrons. The number of carbonyl (C=O) groups is 1. The van der Waals surface area contributed by atoms with E-state index in [9.17, 15) is 9.18 Å². The molecule has 2 atom stereocenters. The summed E-state index contributed by atoms with van der Waals surface area (Å²) >= 11 is 0. The van der Waals surface area contributed by atoms with Gasteiger partial charge in [-0.2, -0.15) is 0 Å². The maximum absolute atomic E-state index is 13.7. The maximum atomic E-state index is 13.7. The number of rotatable bonds is 7. The molecule has 5 heteroatoms. The molecule has 0 saturated heterocycles. The molecular weight excluding hydrogens is 261 g/mol. The van der Waals surface area contributed by atoms with Crippen LogP contribution < -0.4 is 10.1 Å². The molecule has 0 aliphatic rings. The predicted octanol–water partition coefficient (Wildman–Crippen LogP) is 2.39. The van der Waals surface area contributed by atoms with Gasteiger partial charge in [0.05, 0.1) is 6.61 Å². The Hall–Kier alpha value is -1.62. The van der Waals surface area contributed by atoms with Crippen molar-refractivity contribution in [1.82, 2.24) is 5.32 Å². The molecule has 0 heterocycles. The normalized spacial score (nSPS) is 13.7. The maximum Gasteiger partial charge on any atom is 0.260 e. The predicted molar refractivity (Wildman–Crippen MR) is 74.9 cm³/mol. The standard InChI is InChI=1S/C15H22FNO3/c1-4-6-10(2)17-15(19)11(3)20-14-12(9-18)7-5-8-13(14)16/h5,7-8,10-11,18H,4,6,9H2,1-3H3,(H,17,19). The van der Waals surface area contributed by atoms with Gasteiger partial charge in [-0.05, 0) is 26.3 Å². The van der Waals surface area contributed by atoms with Crippen LogP contribution in [0, 0.1) is 5.82 Å². The van der Waals surface area contributed by atoms with Crippen LogP contribution in [0.2, 0.25) is 0 Å². The first-order chi connectivity index (χ1) is 9.49. The fourth-order valence-corrected chi connectivity index (χ4v) is 1.91. The molecule has 1 rings (SSSR count). The molecule has 1 amide bonds. The first-order valence-corrected chi connectivity index (χ1v) is 6.84. The molecule has 2 unspecified atom stereocenters. The van der Waals surface area contributed by atoms with Crippen molar-refractivity contribution in [3.63, 3.8) is 0 Å². The van der Waals surface area contributed by atoms with Crippen molar-refractivity contribution in [2.24, 2.45) is 0 Å². The molecule has 0 saturated carbocycles. The van der Waals surface area contributed by atoms with Crippen LogP contribution in [0.15, 0.2) is 18.2 Å². The lowest BCUT2D eigenvalue weighted by Gasteiger charge is -2.19. The minimum Gasteiger partial charge on any atom is -0.477 e. The monoisotopic (exact) mass is 283 g/mol. The Morgan fingerprint density at radius 2 is 2.15 bits per heavy atom. The summed E-state index contributed by atoms with van der Waals surface area (Å²) in [5.74, 6) is -0.948. The zero-order valence-electron chi connectivity index (χ0n) is 12.1. The summed E-state index contributed by atoms with van der Waals surface area (Å²) in [6.07, 6.45) is 1.02. The number of aliphatic hydroxyl groups is 1. The van der Waals surface area contributed by atoms with Crippen LogP contribution in [0.1, 0.15) is 39.2 Å². The van der Waals surface area contributed by atoms with E-state index in [1.165, 1.54) is 12.1 Å². The topological polar surface area (TPSA) is 58.6 Å². The first-order valence-electron chi connectivity index (χ1n) is 6.84. The molecule has 0 aromatic heterocycles. The number of para-hydroxylation sites is 1. The number of carbonyl (C=O) groups excluding carboxylic acids is 1. The van der Waals surface area contributed by atoms with Gasteiger partial charge in [0.2, 0.25) is 0 Å². The van der Waals surface area contributed by atoms with Crippen LogP contribution in [0.5, 0.6) is 5.75 Å². The highest BCUT2D eigenvalue weighted by atomic mass is 19.1. The van der Waals surface area contributed by atoms with Crippen LogP contribution in [0.25, 0.3) is 0 Å². The second-order valence-electron chi connectivity index (χ2n) is 4.84. The molecule has 20 heavy (non-hydrogen) atoms. The SMILES string of the molecule is CCCC(C)NC(=O)C(C)Oc1c(F)cccc1CO. The lowest BCUT2D eigenvalue weighted by molar-refractivity contribution is -0.128. The highest BCUT2D eigenvalue weighted by molar-refractivity contribution is 5.81. The van der Waals surface area contributed by atoms with Gasteiger partial charge < -0.3 is 15.2 Å². The van der Waals surface area contributed by atoms with E-state index in [0.717, 1.165) is 12.8 Å². The second-order valence-corrected chi connectivity index (χ2v) is 4.84. The molecule has 2 N–H and O–H groups in total. The van der Waals surface area contributed by atoms with E-state index in [0.29, 0.717) is 5.56 Å². The van der Waals surface area contributed by atoms with E-state index in [4.69, 9.17) is 9.84 Å². The van der Waals surface area contributed by atoms with E-state index in [-0.39, 0.29) is 24.3 Å². The van der Waals surface area contributed by atoms with Gasteiger partial charge in [0.25, 0.3) is 5.91 Å². The zero-order chi connectivity index (χ0) is 15.1. The van der Waals surface area contributed by atoms with Crippen LogP contribution in [0.4, 0.5) is 4.39 Å². The number of amides is 1. The van der Waals surface area contributed by atoms with Crippen molar-refractivity contribution in [3.05, 3.63) is 29.6 Å². The number of hydrogen-bond acceptors (Lipinski definition) is 3.